The molecule has 8 nitrogen and oxygen atoms in total. The van der Waals surface area contributed by atoms with E-state index in [1.807, 2.05) is 31.2 Å². The Morgan fingerprint density at radius 3 is 2.61 bits per heavy atom. The number of ether oxygens (including phenoxy) is 1. The van der Waals surface area contributed by atoms with Crippen molar-refractivity contribution in [3.05, 3.63) is 53.3 Å². The van der Waals surface area contributed by atoms with Crippen molar-refractivity contribution < 1.29 is 14.3 Å². The number of piperidine rings is 1. The molecule has 28 heavy (non-hydrogen) atoms. The maximum absolute atomic E-state index is 12.2. The summed E-state index contributed by atoms with van der Waals surface area (Å²) in [7, 11) is 0. The number of nitrogens with zero attached hydrogens (tertiary/aromatic N) is 3. The van der Waals surface area contributed by atoms with Crippen molar-refractivity contribution in [2.45, 2.75) is 26.4 Å². The van der Waals surface area contributed by atoms with E-state index in [2.05, 4.69) is 15.3 Å². The number of carbonyl (C=O) groups excluding carboxylic acids is 2. The number of hydrogen-bond donors (Lipinski definition) is 2. The van der Waals surface area contributed by atoms with E-state index in [1.165, 1.54) is 17.8 Å². The normalized spacial score (nSPS) is 14.5. The van der Waals surface area contributed by atoms with E-state index in [0.29, 0.717) is 25.6 Å². The zero-order valence-electron chi connectivity index (χ0n) is 15.9. The maximum atomic E-state index is 12.2. The largest absolute Gasteiger partial charge is 0.445 e. The first-order chi connectivity index (χ1) is 13.5. The van der Waals surface area contributed by atoms with E-state index in [9.17, 15) is 9.59 Å². The highest BCUT2D eigenvalue weighted by molar-refractivity contribution is 5.92. The van der Waals surface area contributed by atoms with Crippen molar-refractivity contribution >= 4 is 17.9 Å². The van der Waals surface area contributed by atoms with Crippen LogP contribution < -0.4 is 11.1 Å². The van der Waals surface area contributed by atoms with Gasteiger partial charge in [0.25, 0.3) is 5.91 Å². The SMILES string of the molecule is Cc1ccc(COC(=O)N2CCC(CNC(=O)c3ccnc(N)n3)CC2)cc1. The number of likely N-dealkylation sites (tertiary alicyclic amines) is 1. The molecule has 148 valence electrons. The standard InChI is InChI=1S/C20H25N5O3/c1-14-2-4-16(5-3-14)13-28-20(27)25-10-7-15(8-11-25)12-23-18(26)17-6-9-22-19(21)24-17/h2-6,9,15H,7-8,10-13H2,1H3,(H,23,26)(H2,21,22,24). The van der Waals surface area contributed by atoms with Crippen LogP contribution in [-0.2, 0) is 11.3 Å². The van der Waals surface area contributed by atoms with Gasteiger partial charge >= 0.3 is 6.09 Å². The summed E-state index contributed by atoms with van der Waals surface area (Å²) in [4.78, 5) is 33.7. The summed E-state index contributed by atoms with van der Waals surface area (Å²) in [6.07, 6.45) is 2.79. The average Bonchev–Trinajstić information content (AvgIpc) is 2.71. The molecule has 8 heteroatoms. The van der Waals surface area contributed by atoms with Crippen LogP contribution in [0.4, 0.5) is 10.7 Å². The van der Waals surface area contributed by atoms with E-state index in [-0.39, 0.29) is 30.2 Å². The summed E-state index contributed by atoms with van der Waals surface area (Å²) in [6, 6.07) is 9.45. The first-order valence-electron chi connectivity index (χ1n) is 9.35. The Bertz CT molecular complexity index is 817. The zero-order valence-corrected chi connectivity index (χ0v) is 15.9. The lowest BCUT2D eigenvalue weighted by Crippen LogP contribution is -2.41. The quantitative estimate of drug-likeness (QED) is 0.818. The molecule has 1 fully saturated rings. The summed E-state index contributed by atoms with van der Waals surface area (Å²) in [5, 5.41) is 2.87. The number of hydrogen-bond acceptors (Lipinski definition) is 6. The highest BCUT2D eigenvalue weighted by Gasteiger charge is 2.24. The number of carbonyl (C=O) groups is 2. The topological polar surface area (TPSA) is 110 Å². The molecule has 1 aliphatic rings. The highest BCUT2D eigenvalue weighted by Crippen LogP contribution is 2.18. The van der Waals surface area contributed by atoms with Gasteiger partial charge in [0.05, 0.1) is 0 Å². The first kappa shape index (κ1) is 19.6. The number of nitrogen functional groups attached to an aromatic ring is 1. The molecule has 0 spiro atoms. The smallest absolute Gasteiger partial charge is 0.410 e. The summed E-state index contributed by atoms with van der Waals surface area (Å²) >= 11 is 0. The Balaban J connectivity index is 1.38. The van der Waals surface area contributed by atoms with Gasteiger partial charge in [-0.05, 0) is 37.3 Å². The fraction of sp³-hybridized carbons (Fsp3) is 0.400. The van der Waals surface area contributed by atoms with Crippen LogP contribution in [0.2, 0.25) is 0 Å². The van der Waals surface area contributed by atoms with Crippen molar-refractivity contribution in [3.8, 4) is 0 Å². The minimum atomic E-state index is -0.292. The second kappa shape index (κ2) is 9.16. The van der Waals surface area contributed by atoms with Gasteiger partial charge in [0.2, 0.25) is 5.95 Å². The fourth-order valence-electron chi connectivity index (χ4n) is 3.07. The van der Waals surface area contributed by atoms with Crippen LogP contribution in [-0.4, -0.2) is 46.5 Å². The van der Waals surface area contributed by atoms with Crippen LogP contribution in [0.15, 0.2) is 36.5 Å². The van der Waals surface area contributed by atoms with Crippen molar-refractivity contribution in [3.63, 3.8) is 0 Å². The van der Waals surface area contributed by atoms with E-state index >= 15 is 0 Å². The Morgan fingerprint density at radius 1 is 1.21 bits per heavy atom. The summed E-state index contributed by atoms with van der Waals surface area (Å²) < 4.78 is 5.40. The lowest BCUT2D eigenvalue weighted by molar-refractivity contribution is 0.0800. The molecular formula is C20H25N5O3. The van der Waals surface area contributed by atoms with Crippen LogP contribution in [0.25, 0.3) is 0 Å². The van der Waals surface area contributed by atoms with E-state index in [1.54, 1.807) is 4.90 Å². The third-order valence-corrected chi connectivity index (χ3v) is 4.81. The Labute approximate surface area is 164 Å². The van der Waals surface area contributed by atoms with Gasteiger partial charge in [-0.2, -0.15) is 0 Å². The minimum absolute atomic E-state index is 0.0742. The third-order valence-electron chi connectivity index (χ3n) is 4.81. The van der Waals surface area contributed by atoms with Gasteiger partial charge < -0.3 is 20.7 Å². The van der Waals surface area contributed by atoms with Gasteiger partial charge in [0.15, 0.2) is 0 Å². The van der Waals surface area contributed by atoms with E-state index in [0.717, 1.165) is 18.4 Å². The van der Waals surface area contributed by atoms with Gasteiger partial charge in [0.1, 0.15) is 12.3 Å². The monoisotopic (exact) mass is 383 g/mol. The molecule has 2 amide bonds. The zero-order chi connectivity index (χ0) is 19.9. The van der Waals surface area contributed by atoms with Crippen molar-refractivity contribution in [1.29, 1.82) is 0 Å². The molecule has 1 aliphatic heterocycles. The predicted octanol–water partition coefficient (Wildman–Crippen LogP) is 2.15. The Hall–Kier alpha value is -3.16. The lowest BCUT2D eigenvalue weighted by Gasteiger charge is -2.31. The maximum Gasteiger partial charge on any atom is 0.410 e. The van der Waals surface area contributed by atoms with Gasteiger partial charge in [-0.1, -0.05) is 29.8 Å². The van der Waals surface area contributed by atoms with Crippen LogP contribution >= 0.6 is 0 Å². The van der Waals surface area contributed by atoms with Crippen molar-refractivity contribution in [1.82, 2.24) is 20.2 Å². The molecule has 0 unspecified atom stereocenters. The van der Waals surface area contributed by atoms with Crippen LogP contribution in [0.5, 0.6) is 0 Å². The number of nitrogens with two attached hydrogens (primary N) is 1. The average molecular weight is 383 g/mol. The van der Waals surface area contributed by atoms with Crippen LogP contribution in [0.3, 0.4) is 0 Å². The predicted molar refractivity (Wildman–Crippen MR) is 104 cm³/mol. The number of benzene rings is 1. The molecule has 1 aromatic carbocycles. The van der Waals surface area contributed by atoms with Gasteiger partial charge in [0, 0.05) is 25.8 Å². The number of nitrogens with one attached hydrogen (secondary N) is 1. The van der Waals surface area contributed by atoms with Crippen molar-refractivity contribution in [2.75, 3.05) is 25.4 Å². The minimum Gasteiger partial charge on any atom is -0.445 e. The second-order valence-corrected chi connectivity index (χ2v) is 6.98. The van der Waals surface area contributed by atoms with Crippen molar-refractivity contribution in [2.24, 2.45) is 5.92 Å². The van der Waals surface area contributed by atoms with Crippen LogP contribution in [0.1, 0.15) is 34.5 Å². The lowest BCUT2D eigenvalue weighted by atomic mass is 9.97. The van der Waals surface area contributed by atoms with E-state index < -0.39 is 0 Å². The van der Waals surface area contributed by atoms with Gasteiger partial charge in [-0.3, -0.25) is 4.79 Å². The third kappa shape index (κ3) is 5.42. The highest BCUT2D eigenvalue weighted by atomic mass is 16.6. The number of rotatable bonds is 5. The Kier molecular flexibility index (Phi) is 6.41. The molecule has 1 aromatic heterocycles. The first-order valence-corrected chi connectivity index (χ1v) is 9.35. The molecule has 0 radical (unpaired) electrons. The summed E-state index contributed by atoms with van der Waals surface area (Å²) in [5.74, 6) is 0.114. The number of aryl methyl sites for hydroxylation is 1. The van der Waals surface area contributed by atoms with E-state index in [4.69, 9.17) is 10.5 Å². The fourth-order valence-corrected chi connectivity index (χ4v) is 3.07. The molecule has 3 N–H and O–H groups in total. The Morgan fingerprint density at radius 2 is 1.93 bits per heavy atom. The molecule has 1 saturated heterocycles. The number of aromatic nitrogens is 2. The summed E-state index contributed by atoms with van der Waals surface area (Å²) in [6.45, 7) is 4.07. The molecule has 0 atom stereocenters. The van der Waals surface area contributed by atoms with Gasteiger partial charge in [-0.25, -0.2) is 14.8 Å². The molecule has 0 aliphatic carbocycles. The molecule has 0 saturated carbocycles. The summed E-state index contributed by atoms with van der Waals surface area (Å²) in [5.41, 5.74) is 7.90. The number of anilines is 1. The molecule has 3 rings (SSSR count). The number of amides is 2. The second-order valence-electron chi connectivity index (χ2n) is 6.98. The van der Waals surface area contributed by atoms with Gasteiger partial charge in [-0.15, -0.1) is 0 Å². The molecular weight excluding hydrogens is 358 g/mol. The molecule has 2 heterocycles. The molecule has 2 aromatic rings. The van der Waals surface area contributed by atoms with Crippen LogP contribution in [0, 0.1) is 12.8 Å². The molecule has 0 bridgehead atoms.